The van der Waals surface area contributed by atoms with E-state index in [9.17, 15) is 24.5 Å². The van der Waals surface area contributed by atoms with E-state index in [4.69, 9.17) is 5.73 Å². The molecular formula is C17H15N3O5. The zero-order valence-electron chi connectivity index (χ0n) is 13.2. The Labute approximate surface area is 142 Å². The number of pyridine rings is 1. The number of nitro groups is 1. The molecule has 8 heteroatoms. The van der Waals surface area contributed by atoms with E-state index in [-0.39, 0.29) is 5.78 Å². The van der Waals surface area contributed by atoms with Crippen LogP contribution < -0.4 is 11.3 Å². The second-order valence-corrected chi connectivity index (χ2v) is 5.93. The average molecular weight is 341 g/mol. The molecule has 0 atom stereocenters. The molecule has 0 unspecified atom stereocenters. The normalized spacial score (nSPS) is 12.6. The van der Waals surface area contributed by atoms with Crippen LogP contribution in [0.2, 0.25) is 0 Å². The van der Waals surface area contributed by atoms with Crippen molar-refractivity contribution in [3.05, 3.63) is 73.2 Å². The van der Waals surface area contributed by atoms with Gasteiger partial charge in [0.1, 0.15) is 5.56 Å². The SMILES string of the molecule is NC(=O)c1cc([N+](=O)[O-])cn(CC(=O)c2ccc3c(c2)CCC3)c1=O. The summed E-state index contributed by atoms with van der Waals surface area (Å²) in [6, 6.07) is 6.19. The number of rotatable bonds is 5. The molecular weight excluding hydrogens is 326 g/mol. The third kappa shape index (κ3) is 3.18. The minimum atomic E-state index is -1.08. The lowest BCUT2D eigenvalue weighted by Gasteiger charge is -2.08. The smallest absolute Gasteiger partial charge is 0.286 e. The first-order valence-electron chi connectivity index (χ1n) is 7.70. The second-order valence-electron chi connectivity index (χ2n) is 5.93. The maximum atomic E-state index is 12.5. The first-order valence-corrected chi connectivity index (χ1v) is 7.70. The van der Waals surface area contributed by atoms with Crippen LogP contribution in [0.15, 0.2) is 35.3 Å². The molecule has 2 aromatic rings. The number of amides is 1. The number of primary amides is 1. The van der Waals surface area contributed by atoms with Gasteiger partial charge in [-0.15, -0.1) is 0 Å². The van der Waals surface area contributed by atoms with Gasteiger partial charge in [-0.2, -0.15) is 0 Å². The van der Waals surface area contributed by atoms with Crippen LogP contribution in [0.4, 0.5) is 5.69 Å². The summed E-state index contributed by atoms with van der Waals surface area (Å²) in [6.07, 6.45) is 3.87. The number of fused-ring (bicyclic) bond motifs is 1. The van der Waals surface area contributed by atoms with E-state index in [2.05, 4.69) is 0 Å². The fraction of sp³-hybridized carbons (Fsp3) is 0.235. The molecule has 3 rings (SSSR count). The van der Waals surface area contributed by atoms with E-state index in [1.165, 1.54) is 5.56 Å². The molecule has 0 saturated carbocycles. The van der Waals surface area contributed by atoms with Gasteiger partial charge >= 0.3 is 0 Å². The lowest BCUT2D eigenvalue weighted by Crippen LogP contribution is -2.31. The topological polar surface area (TPSA) is 125 Å². The van der Waals surface area contributed by atoms with Gasteiger partial charge < -0.3 is 10.3 Å². The van der Waals surface area contributed by atoms with Crippen LogP contribution in [0.5, 0.6) is 0 Å². The molecule has 0 saturated heterocycles. The first kappa shape index (κ1) is 16.6. The van der Waals surface area contributed by atoms with Gasteiger partial charge in [-0.25, -0.2) is 0 Å². The summed E-state index contributed by atoms with van der Waals surface area (Å²) in [7, 11) is 0. The van der Waals surface area contributed by atoms with Crippen molar-refractivity contribution in [1.82, 2.24) is 4.57 Å². The van der Waals surface area contributed by atoms with Crippen LogP contribution >= 0.6 is 0 Å². The van der Waals surface area contributed by atoms with Crippen molar-refractivity contribution in [3.63, 3.8) is 0 Å². The molecule has 1 aromatic carbocycles. The van der Waals surface area contributed by atoms with Gasteiger partial charge in [0.2, 0.25) is 0 Å². The number of carbonyl (C=O) groups excluding carboxylic acids is 2. The quantitative estimate of drug-likeness (QED) is 0.497. The fourth-order valence-electron chi connectivity index (χ4n) is 3.00. The van der Waals surface area contributed by atoms with Crippen LogP contribution in [0.3, 0.4) is 0 Å². The molecule has 0 bridgehead atoms. The van der Waals surface area contributed by atoms with E-state index < -0.39 is 34.2 Å². The molecule has 1 heterocycles. The van der Waals surface area contributed by atoms with Crippen molar-refractivity contribution >= 4 is 17.4 Å². The van der Waals surface area contributed by atoms with Gasteiger partial charge in [0.25, 0.3) is 17.2 Å². The van der Waals surface area contributed by atoms with E-state index in [0.29, 0.717) is 5.56 Å². The summed E-state index contributed by atoms with van der Waals surface area (Å²) in [5, 5.41) is 11.0. The Hall–Kier alpha value is -3.29. The minimum Gasteiger partial charge on any atom is -0.365 e. The van der Waals surface area contributed by atoms with E-state index in [1.54, 1.807) is 12.1 Å². The molecule has 25 heavy (non-hydrogen) atoms. The van der Waals surface area contributed by atoms with Crippen molar-refractivity contribution in [2.24, 2.45) is 5.73 Å². The van der Waals surface area contributed by atoms with Gasteiger partial charge in [-0.3, -0.25) is 24.5 Å². The van der Waals surface area contributed by atoms with Gasteiger partial charge in [0.15, 0.2) is 5.78 Å². The molecule has 0 spiro atoms. The third-order valence-electron chi connectivity index (χ3n) is 4.28. The predicted octanol–water partition coefficient (Wildman–Crippen LogP) is 1.23. The second kappa shape index (κ2) is 6.31. The maximum Gasteiger partial charge on any atom is 0.286 e. The van der Waals surface area contributed by atoms with E-state index in [0.717, 1.165) is 41.7 Å². The molecule has 2 N–H and O–H groups in total. The average Bonchev–Trinajstić information content (AvgIpc) is 3.03. The van der Waals surface area contributed by atoms with Crippen molar-refractivity contribution in [3.8, 4) is 0 Å². The zero-order valence-corrected chi connectivity index (χ0v) is 13.2. The van der Waals surface area contributed by atoms with E-state index >= 15 is 0 Å². The highest BCUT2D eigenvalue weighted by Crippen LogP contribution is 2.23. The highest BCUT2D eigenvalue weighted by molar-refractivity contribution is 5.96. The number of aryl methyl sites for hydroxylation is 2. The van der Waals surface area contributed by atoms with Crippen molar-refractivity contribution in [2.45, 2.75) is 25.8 Å². The molecule has 0 fully saturated rings. The number of carbonyl (C=O) groups is 2. The molecule has 1 aromatic heterocycles. The Balaban J connectivity index is 1.96. The highest BCUT2D eigenvalue weighted by Gasteiger charge is 2.20. The fourth-order valence-corrected chi connectivity index (χ4v) is 3.00. The van der Waals surface area contributed by atoms with Gasteiger partial charge in [0.05, 0.1) is 17.7 Å². The molecule has 1 aliphatic rings. The first-order chi connectivity index (χ1) is 11.9. The van der Waals surface area contributed by atoms with Crippen molar-refractivity contribution in [1.29, 1.82) is 0 Å². The number of benzene rings is 1. The number of nitrogens with zero attached hydrogens (tertiary/aromatic N) is 2. The van der Waals surface area contributed by atoms with Crippen LogP contribution in [0.25, 0.3) is 0 Å². The standard InChI is InChI=1S/C17H15N3O5/c18-16(22)14-7-13(20(24)25)8-19(17(14)23)9-15(21)12-5-4-10-2-1-3-11(10)6-12/h4-8H,1-3,9H2,(H2,18,22). The summed E-state index contributed by atoms with van der Waals surface area (Å²) in [6.45, 7) is -0.403. The van der Waals surface area contributed by atoms with Crippen LogP contribution in [-0.4, -0.2) is 21.2 Å². The lowest BCUT2D eigenvalue weighted by atomic mass is 10.0. The van der Waals surface area contributed by atoms with Gasteiger partial charge in [-0.05, 0) is 36.5 Å². The molecule has 1 amide bonds. The lowest BCUT2D eigenvalue weighted by molar-refractivity contribution is -0.385. The number of Topliss-reactive ketones (excluding diaryl/α,β-unsaturated/α-hetero) is 1. The molecule has 0 aliphatic heterocycles. The Morgan fingerprint density at radius 3 is 2.60 bits per heavy atom. The van der Waals surface area contributed by atoms with E-state index in [1.807, 2.05) is 6.07 Å². The van der Waals surface area contributed by atoms with Crippen LogP contribution in [-0.2, 0) is 19.4 Å². The predicted molar refractivity (Wildman–Crippen MR) is 88.7 cm³/mol. The Bertz CT molecular complexity index is 961. The molecule has 1 aliphatic carbocycles. The summed E-state index contributed by atoms with van der Waals surface area (Å²) >= 11 is 0. The molecule has 0 radical (unpaired) electrons. The Kier molecular flexibility index (Phi) is 4.18. The largest absolute Gasteiger partial charge is 0.365 e. The van der Waals surface area contributed by atoms with Crippen LogP contribution in [0.1, 0.15) is 38.3 Å². The molecule has 8 nitrogen and oxygen atoms in total. The van der Waals surface area contributed by atoms with Gasteiger partial charge in [0, 0.05) is 11.6 Å². The Morgan fingerprint density at radius 2 is 1.92 bits per heavy atom. The third-order valence-corrected chi connectivity index (χ3v) is 4.28. The number of ketones is 1. The van der Waals surface area contributed by atoms with Crippen LogP contribution in [0, 0.1) is 10.1 Å². The summed E-state index contributed by atoms with van der Waals surface area (Å²) in [5.41, 5.74) is 6.02. The minimum absolute atomic E-state index is 0.368. The zero-order chi connectivity index (χ0) is 18.1. The Morgan fingerprint density at radius 1 is 1.20 bits per heavy atom. The van der Waals surface area contributed by atoms with Gasteiger partial charge in [-0.1, -0.05) is 12.1 Å². The number of hydrogen-bond donors (Lipinski definition) is 1. The summed E-state index contributed by atoms with van der Waals surface area (Å²) in [5.74, 6) is -1.44. The van der Waals surface area contributed by atoms with Crippen molar-refractivity contribution < 1.29 is 14.5 Å². The number of hydrogen-bond acceptors (Lipinski definition) is 5. The summed E-state index contributed by atoms with van der Waals surface area (Å²) in [4.78, 5) is 46.3. The highest BCUT2D eigenvalue weighted by atomic mass is 16.6. The number of nitrogens with two attached hydrogens (primary N) is 1. The molecule has 128 valence electrons. The monoisotopic (exact) mass is 341 g/mol. The number of aromatic nitrogens is 1. The van der Waals surface area contributed by atoms with Crippen molar-refractivity contribution in [2.75, 3.05) is 0 Å². The summed E-state index contributed by atoms with van der Waals surface area (Å²) < 4.78 is 0.855. The maximum absolute atomic E-state index is 12.5.